The maximum absolute atomic E-state index is 13.7. The summed E-state index contributed by atoms with van der Waals surface area (Å²) in [4.78, 5) is 39.6. The summed E-state index contributed by atoms with van der Waals surface area (Å²) in [7, 11) is 0. The highest BCUT2D eigenvalue weighted by Gasteiger charge is 2.36. The van der Waals surface area contributed by atoms with Crippen LogP contribution in [0.1, 0.15) is 62.0 Å². The van der Waals surface area contributed by atoms with Gasteiger partial charge in [-0.1, -0.05) is 30.7 Å². The number of hydrogen-bond donors (Lipinski definition) is 2. The highest BCUT2D eigenvalue weighted by Crippen LogP contribution is 2.42. The molecule has 2 heterocycles. The van der Waals surface area contributed by atoms with Gasteiger partial charge in [-0.25, -0.2) is 14.8 Å². The molecule has 1 aromatic heterocycles. The van der Waals surface area contributed by atoms with Crippen LogP contribution in [0.25, 0.3) is 0 Å². The number of aromatic nitrogens is 2. The fraction of sp³-hybridized carbons (Fsp3) is 0.520. The number of nitrogens with zero attached hydrogens (tertiary/aromatic N) is 5. The summed E-state index contributed by atoms with van der Waals surface area (Å²) < 4.78 is 0. The molecule has 0 saturated carbocycles. The number of piperazine rings is 1. The van der Waals surface area contributed by atoms with Gasteiger partial charge in [0.2, 0.25) is 5.91 Å². The van der Waals surface area contributed by atoms with E-state index in [2.05, 4.69) is 21.8 Å². The van der Waals surface area contributed by atoms with Crippen molar-refractivity contribution in [1.82, 2.24) is 19.8 Å². The number of hydrogen-bond acceptors (Lipinski definition) is 6. The molecule has 9 nitrogen and oxygen atoms in total. The molecule has 0 radical (unpaired) electrons. The van der Waals surface area contributed by atoms with E-state index in [0.717, 1.165) is 16.9 Å². The molecule has 2 aromatic rings. The van der Waals surface area contributed by atoms with Gasteiger partial charge in [-0.15, -0.1) is 0 Å². The number of carbonyl (C=O) groups is 2. The molecule has 2 amide bonds. The molecule has 1 fully saturated rings. The number of aliphatic hydroxyl groups is 1. The number of halogens is 1. The van der Waals surface area contributed by atoms with Crippen LogP contribution in [0.15, 0.2) is 30.6 Å². The zero-order valence-corrected chi connectivity index (χ0v) is 21.0. The smallest absolute Gasteiger partial charge is 0.407 e. The Hall–Kier alpha value is -2.91. The number of benzene rings is 1. The largest absolute Gasteiger partial charge is 0.465 e. The Labute approximate surface area is 210 Å². The molecule has 2 unspecified atom stereocenters. The molecule has 2 N–H and O–H groups in total. The number of anilines is 1. The summed E-state index contributed by atoms with van der Waals surface area (Å²) in [5.74, 6) is 0.270. The fourth-order valence-corrected chi connectivity index (χ4v) is 5.17. The number of fused-ring (bicyclic) bond motifs is 1. The molecule has 1 aromatic carbocycles. The molecule has 1 aliphatic heterocycles. The predicted molar refractivity (Wildman–Crippen MR) is 133 cm³/mol. The van der Waals surface area contributed by atoms with Gasteiger partial charge in [0.25, 0.3) is 0 Å². The summed E-state index contributed by atoms with van der Waals surface area (Å²) in [5, 5.41) is 20.6. The minimum atomic E-state index is -1.05. The molecule has 3 atom stereocenters. The van der Waals surface area contributed by atoms with Gasteiger partial charge in [-0.05, 0) is 43.9 Å². The van der Waals surface area contributed by atoms with Gasteiger partial charge in [0.15, 0.2) is 0 Å². The number of carbonyl (C=O) groups excluding carboxylic acids is 1. The lowest BCUT2D eigenvalue weighted by atomic mass is 9.96. The van der Waals surface area contributed by atoms with E-state index in [-0.39, 0.29) is 24.4 Å². The molecule has 0 spiro atoms. The van der Waals surface area contributed by atoms with E-state index in [4.69, 9.17) is 11.6 Å². The van der Waals surface area contributed by atoms with Crippen molar-refractivity contribution in [3.8, 4) is 0 Å². The van der Waals surface area contributed by atoms with Gasteiger partial charge in [0, 0.05) is 49.4 Å². The summed E-state index contributed by atoms with van der Waals surface area (Å²) in [6.45, 7) is 7.92. The van der Waals surface area contributed by atoms with Crippen LogP contribution >= 0.6 is 11.6 Å². The average molecular weight is 502 g/mol. The summed E-state index contributed by atoms with van der Waals surface area (Å²) >= 11 is 6.05. The molecule has 35 heavy (non-hydrogen) atoms. The fourth-order valence-electron chi connectivity index (χ4n) is 5.04. The first-order chi connectivity index (χ1) is 16.7. The molecular formula is C25H32ClN5O4. The topological polar surface area (TPSA) is 110 Å². The van der Waals surface area contributed by atoms with E-state index in [1.165, 1.54) is 11.2 Å². The first-order valence-corrected chi connectivity index (χ1v) is 12.4. The Morgan fingerprint density at radius 3 is 2.40 bits per heavy atom. The molecule has 2 aliphatic rings. The quantitative estimate of drug-likeness (QED) is 0.623. The zero-order chi connectivity index (χ0) is 25.3. The highest BCUT2D eigenvalue weighted by molar-refractivity contribution is 6.30. The van der Waals surface area contributed by atoms with Crippen molar-refractivity contribution in [2.45, 2.75) is 51.2 Å². The van der Waals surface area contributed by atoms with Crippen LogP contribution in [0.2, 0.25) is 5.02 Å². The monoisotopic (exact) mass is 501 g/mol. The first-order valence-electron chi connectivity index (χ1n) is 12.0. The lowest BCUT2D eigenvalue weighted by Crippen LogP contribution is -2.52. The van der Waals surface area contributed by atoms with E-state index in [0.29, 0.717) is 43.3 Å². The predicted octanol–water partition coefficient (Wildman–Crippen LogP) is 3.49. The summed E-state index contributed by atoms with van der Waals surface area (Å²) in [6, 6.07) is 6.77. The average Bonchev–Trinajstić information content (AvgIpc) is 3.13. The van der Waals surface area contributed by atoms with Gasteiger partial charge < -0.3 is 24.9 Å². The molecule has 4 rings (SSSR count). The van der Waals surface area contributed by atoms with E-state index in [9.17, 15) is 19.8 Å². The van der Waals surface area contributed by atoms with Gasteiger partial charge in [-0.3, -0.25) is 4.79 Å². The number of amides is 2. The Morgan fingerprint density at radius 2 is 1.80 bits per heavy atom. The third-order valence-corrected chi connectivity index (χ3v) is 7.24. The van der Waals surface area contributed by atoms with E-state index in [1.54, 1.807) is 43.0 Å². The van der Waals surface area contributed by atoms with Gasteiger partial charge in [-0.2, -0.15) is 0 Å². The molecule has 0 bridgehead atoms. The standard InChI is InChI=1S/C25H32ClN5O4/c1-15(2)31(25(34)35)13-19(17-4-6-18(26)7-5-17)24(33)30-10-8-29(9-11-30)23-21-16(3)12-20(32)22(21)27-14-28-23/h4-7,14-16,19-20,32H,8-13H2,1-3H3,(H,34,35)/t16?,19-,20?/m0/s1. The van der Waals surface area contributed by atoms with E-state index < -0.39 is 18.1 Å². The second-order valence-corrected chi connectivity index (χ2v) is 10.0. The summed E-state index contributed by atoms with van der Waals surface area (Å²) in [5.41, 5.74) is 2.43. The number of rotatable bonds is 6. The normalized spacial score (nSPS) is 20.6. The second-order valence-electron chi connectivity index (χ2n) is 9.59. The van der Waals surface area contributed by atoms with Crippen LogP contribution in [0.5, 0.6) is 0 Å². The Morgan fingerprint density at radius 1 is 1.14 bits per heavy atom. The third kappa shape index (κ3) is 5.21. The number of aliphatic hydroxyl groups excluding tert-OH is 1. The first kappa shape index (κ1) is 25.2. The summed E-state index contributed by atoms with van der Waals surface area (Å²) in [6.07, 6.45) is 0.516. The van der Waals surface area contributed by atoms with Crippen LogP contribution in [0.4, 0.5) is 10.6 Å². The molecule has 10 heteroatoms. The Balaban J connectivity index is 1.52. The maximum atomic E-state index is 13.7. The lowest BCUT2D eigenvalue weighted by Gasteiger charge is -2.38. The Bertz CT molecular complexity index is 1070. The minimum Gasteiger partial charge on any atom is -0.465 e. The Kier molecular flexibility index (Phi) is 7.47. The van der Waals surface area contributed by atoms with Crippen LogP contribution in [0.3, 0.4) is 0 Å². The minimum absolute atomic E-state index is 0.0719. The van der Waals surface area contributed by atoms with Gasteiger partial charge in [0.05, 0.1) is 17.7 Å². The highest BCUT2D eigenvalue weighted by atomic mass is 35.5. The third-order valence-electron chi connectivity index (χ3n) is 6.99. The van der Waals surface area contributed by atoms with Crippen molar-refractivity contribution < 1.29 is 19.8 Å². The van der Waals surface area contributed by atoms with Gasteiger partial charge in [0.1, 0.15) is 12.1 Å². The second kappa shape index (κ2) is 10.4. The van der Waals surface area contributed by atoms with E-state index in [1.807, 2.05) is 0 Å². The van der Waals surface area contributed by atoms with Crippen LogP contribution in [-0.4, -0.2) is 80.7 Å². The molecule has 188 valence electrons. The van der Waals surface area contributed by atoms with Crippen LogP contribution in [0, 0.1) is 0 Å². The van der Waals surface area contributed by atoms with Crippen LogP contribution in [-0.2, 0) is 4.79 Å². The zero-order valence-electron chi connectivity index (χ0n) is 20.3. The van der Waals surface area contributed by atoms with Crippen molar-refractivity contribution >= 4 is 29.4 Å². The SMILES string of the molecule is CC1CC(O)c2ncnc(N3CCN(C(=O)[C@@H](CN(C(=O)O)C(C)C)c4ccc(Cl)cc4)CC3)c21. The maximum Gasteiger partial charge on any atom is 0.407 e. The van der Waals surface area contributed by atoms with Gasteiger partial charge >= 0.3 is 6.09 Å². The van der Waals surface area contributed by atoms with Crippen molar-refractivity contribution in [1.29, 1.82) is 0 Å². The lowest BCUT2D eigenvalue weighted by molar-refractivity contribution is -0.133. The molecule has 1 saturated heterocycles. The molecule has 1 aliphatic carbocycles. The number of carboxylic acid groups (broad SMARTS) is 1. The van der Waals surface area contributed by atoms with E-state index >= 15 is 0 Å². The van der Waals surface area contributed by atoms with Crippen molar-refractivity contribution in [2.75, 3.05) is 37.6 Å². The van der Waals surface area contributed by atoms with Crippen molar-refractivity contribution in [3.63, 3.8) is 0 Å². The van der Waals surface area contributed by atoms with Crippen LogP contribution < -0.4 is 4.90 Å². The van der Waals surface area contributed by atoms with Crippen molar-refractivity contribution in [2.24, 2.45) is 0 Å². The molecular weight excluding hydrogens is 470 g/mol. The van der Waals surface area contributed by atoms with Crippen molar-refractivity contribution in [3.05, 3.63) is 52.4 Å².